The molecule has 7 nitrogen and oxygen atoms in total. The first-order valence-corrected chi connectivity index (χ1v) is 9.62. The van der Waals surface area contributed by atoms with Gasteiger partial charge in [0, 0.05) is 12.4 Å². The van der Waals surface area contributed by atoms with E-state index in [1.807, 2.05) is 48.0 Å². The number of aryl methyl sites for hydroxylation is 1. The van der Waals surface area contributed by atoms with Crippen molar-refractivity contribution in [3.05, 3.63) is 70.4 Å². The third-order valence-corrected chi connectivity index (χ3v) is 5.19. The van der Waals surface area contributed by atoms with Gasteiger partial charge >= 0.3 is 0 Å². The van der Waals surface area contributed by atoms with Crippen LogP contribution in [-0.2, 0) is 18.3 Å². The van der Waals surface area contributed by atoms with Gasteiger partial charge in [-0.3, -0.25) is 9.59 Å². The molecule has 0 radical (unpaired) electrons. The van der Waals surface area contributed by atoms with Gasteiger partial charge < -0.3 is 9.88 Å². The molecule has 0 fully saturated rings. The average molecular weight is 389 g/mol. The molecule has 2 N–H and O–H groups in total. The summed E-state index contributed by atoms with van der Waals surface area (Å²) in [7, 11) is 1.96. The smallest absolute Gasteiger partial charge is 0.272 e. The fourth-order valence-electron chi connectivity index (χ4n) is 3.65. The zero-order chi connectivity index (χ0) is 20.5. The average Bonchev–Trinajstić information content (AvgIpc) is 3.05. The van der Waals surface area contributed by atoms with Crippen LogP contribution in [0.5, 0.6) is 0 Å². The van der Waals surface area contributed by atoms with Crippen molar-refractivity contribution in [1.82, 2.24) is 25.1 Å². The molecule has 0 spiro atoms. The topological polar surface area (TPSA) is 92.7 Å². The number of benzene rings is 2. The van der Waals surface area contributed by atoms with Crippen LogP contribution in [0.2, 0.25) is 0 Å². The number of aromatic nitrogens is 4. The summed E-state index contributed by atoms with van der Waals surface area (Å²) in [5, 5.41) is 10.9. The Bertz CT molecular complexity index is 1260. The number of carbonyl (C=O) groups is 1. The minimum atomic E-state index is -0.260. The first-order valence-electron chi connectivity index (χ1n) is 9.62. The van der Waals surface area contributed by atoms with Crippen LogP contribution in [0.3, 0.4) is 0 Å². The van der Waals surface area contributed by atoms with Crippen molar-refractivity contribution in [2.45, 2.75) is 26.3 Å². The van der Waals surface area contributed by atoms with Crippen molar-refractivity contribution in [1.29, 1.82) is 0 Å². The molecule has 1 unspecified atom stereocenters. The van der Waals surface area contributed by atoms with Crippen molar-refractivity contribution in [3.8, 4) is 0 Å². The van der Waals surface area contributed by atoms with Gasteiger partial charge in [-0.15, -0.1) is 0 Å². The second-order valence-corrected chi connectivity index (χ2v) is 7.53. The number of H-pyrrole nitrogens is 1. The molecule has 148 valence electrons. The summed E-state index contributed by atoms with van der Waals surface area (Å²) in [5.74, 6) is 0.795. The van der Waals surface area contributed by atoms with Crippen molar-refractivity contribution in [2.24, 2.45) is 13.0 Å². The molecule has 1 atom stereocenters. The quantitative estimate of drug-likeness (QED) is 0.549. The molecule has 4 aromatic rings. The molecular formula is C22H23N5O2. The maximum absolute atomic E-state index is 12.9. The molecule has 2 aromatic heterocycles. The highest BCUT2D eigenvalue weighted by molar-refractivity contribution is 5.88. The number of nitrogens with zero attached hydrogens (tertiary/aromatic N) is 3. The summed E-state index contributed by atoms with van der Waals surface area (Å²) in [5.41, 5.74) is 2.21. The molecular weight excluding hydrogens is 366 g/mol. The van der Waals surface area contributed by atoms with Crippen molar-refractivity contribution in [2.75, 3.05) is 0 Å². The van der Waals surface area contributed by atoms with Crippen LogP contribution < -0.4 is 10.9 Å². The number of fused-ring (bicyclic) bond motifs is 2. The Hall–Kier alpha value is -3.48. The van der Waals surface area contributed by atoms with Crippen LogP contribution in [0.25, 0.3) is 21.8 Å². The molecule has 1 amide bonds. The lowest BCUT2D eigenvalue weighted by Gasteiger charge is -2.22. The number of carbonyl (C=O) groups excluding carboxylic acids is 1. The molecule has 0 saturated heterocycles. The molecule has 0 bridgehead atoms. The van der Waals surface area contributed by atoms with Crippen molar-refractivity contribution >= 4 is 27.7 Å². The molecule has 0 saturated carbocycles. The Morgan fingerprint density at radius 1 is 1.10 bits per heavy atom. The molecule has 2 aromatic carbocycles. The van der Waals surface area contributed by atoms with Crippen LogP contribution in [0.1, 0.15) is 31.4 Å². The van der Waals surface area contributed by atoms with Crippen LogP contribution in [-0.4, -0.2) is 25.7 Å². The minimum absolute atomic E-state index is 0.0739. The summed E-state index contributed by atoms with van der Waals surface area (Å²) >= 11 is 0. The van der Waals surface area contributed by atoms with Gasteiger partial charge in [0.1, 0.15) is 5.82 Å². The van der Waals surface area contributed by atoms with E-state index in [9.17, 15) is 9.59 Å². The van der Waals surface area contributed by atoms with Gasteiger partial charge in [-0.2, -0.15) is 5.10 Å². The minimum Gasteiger partial charge on any atom is -0.346 e. The number of hydrogen-bond acceptors (Lipinski definition) is 4. The first kappa shape index (κ1) is 18.9. The number of rotatable bonds is 5. The number of para-hydroxylation sites is 2. The Morgan fingerprint density at radius 2 is 1.79 bits per heavy atom. The number of hydrogen-bond donors (Lipinski definition) is 2. The Morgan fingerprint density at radius 3 is 2.52 bits per heavy atom. The summed E-state index contributed by atoms with van der Waals surface area (Å²) < 4.78 is 2.02. The summed E-state index contributed by atoms with van der Waals surface area (Å²) in [6.45, 7) is 4.11. The van der Waals surface area contributed by atoms with E-state index in [0.29, 0.717) is 16.5 Å². The van der Waals surface area contributed by atoms with E-state index in [4.69, 9.17) is 4.98 Å². The third-order valence-electron chi connectivity index (χ3n) is 5.19. The fraction of sp³-hybridized carbons (Fsp3) is 0.273. The summed E-state index contributed by atoms with van der Waals surface area (Å²) in [4.78, 5) is 29.6. The highest BCUT2D eigenvalue weighted by Gasteiger charge is 2.24. The maximum atomic E-state index is 12.9. The van der Waals surface area contributed by atoms with Gasteiger partial charge in [0.2, 0.25) is 5.91 Å². The van der Waals surface area contributed by atoms with Crippen LogP contribution in [0.15, 0.2) is 53.3 Å². The molecule has 0 aliphatic carbocycles. The highest BCUT2D eigenvalue weighted by atomic mass is 16.1. The predicted molar refractivity (Wildman–Crippen MR) is 113 cm³/mol. The highest BCUT2D eigenvalue weighted by Crippen LogP contribution is 2.25. The summed E-state index contributed by atoms with van der Waals surface area (Å²) in [6.07, 6.45) is 0.0739. The van der Waals surface area contributed by atoms with E-state index in [0.717, 1.165) is 16.9 Å². The number of nitrogens with one attached hydrogen (secondary N) is 2. The Balaban J connectivity index is 1.63. The van der Waals surface area contributed by atoms with Gasteiger partial charge in [0.15, 0.2) is 0 Å². The molecule has 29 heavy (non-hydrogen) atoms. The number of imidazole rings is 1. The zero-order valence-electron chi connectivity index (χ0n) is 16.6. The third kappa shape index (κ3) is 3.51. The van der Waals surface area contributed by atoms with Gasteiger partial charge in [0.05, 0.1) is 34.6 Å². The monoisotopic (exact) mass is 389 g/mol. The number of aromatic amines is 1. The zero-order valence-corrected chi connectivity index (χ0v) is 16.6. The van der Waals surface area contributed by atoms with Crippen molar-refractivity contribution in [3.63, 3.8) is 0 Å². The van der Waals surface area contributed by atoms with Gasteiger partial charge in [0.25, 0.3) is 5.56 Å². The molecule has 0 aliphatic heterocycles. The van der Waals surface area contributed by atoms with E-state index in [1.54, 1.807) is 12.1 Å². The van der Waals surface area contributed by atoms with E-state index in [2.05, 4.69) is 29.4 Å². The van der Waals surface area contributed by atoms with E-state index in [1.165, 1.54) is 0 Å². The second-order valence-electron chi connectivity index (χ2n) is 7.53. The van der Waals surface area contributed by atoms with Crippen molar-refractivity contribution < 1.29 is 4.79 Å². The lowest BCUT2D eigenvalue weighted by Crippen LogP contribution is -2.34. The van der Waals surface area contributed by atoms with Crippen LogP contribution in [0, 0.1) is 5.92 Å². The van der Waals surface area contributed by atoms with Crippen LogP contribution >= 0.6 is 0 Å². The SMILES string of the molecule is CC(C)C(NC(=O)Cc1n[nH]c(=O)c2ccccc12)c1nc2ccccc2n1C. The Labute approximate surface area is 167 Å². The standard InChI is InChI=1S/C22H23N5O2/c1-13(2)20(21-23-16-10-6-7-11-18(16)27(21)3)24-19(28)12-17-14-8-4-5-9-15(14)22(29)26-25-17/h4-11,13,20H,12H2,1-3H3,(H,24,28)(H,26,29). The van der Waals surface area contributed by atoms with Gasteiger partial charge in [-0.05, 0) is 24.1 Å². The van der Waals surface area contributed by atoms with E-state index < -0.39 is 0 Å². The molecule has 2 heterocycles. The van der Waals surface area contributed by atoms with E-state index in [-0.39, 0.29) is 29.8 Å². The van der Waals surface area contributed by atoms with Gasteiger partial charge in [-0.25, -0.2) is 10.1 Å². The first-order chi connectivity index (χ1) is 14.0. The lowest BCUT2D eigenvalue weighted by molar-refractivity contribution is -0.121. The predicted octanol–water partition coefficient (Wildman–Crippen LogP) is 2.87. The lowest BCUT2D eigenvalue weighted by atomic mass is 10.0. The Kier molecular flexibility index (Phi) is 4.88. The van der Waals surface area contributed by atoms with Gasteiger partial charge in [-0.1, -0.05) is 44.2 Å². The number of amides is 1. The largest absolute Gasteiger partial charge is 0.346 e. The maximum Gasteiger partial charge on any atom is 0.272 e. The molecule has 7 heteroatoms. The molecule has 4 rings (SSSR count). The molecule has 0 aliphatic rings. The van der Waals surface area contributed by atoms with Crippen LogP contribution in [0.4, 0.5) is 0 Å². The summed E-state index contributed by atoms with van der Waals surface area (Å²) in [6, 6.07) is 14.8. The second kappa shape index (κ2) is 7.50. The van der Waals surface area contributed by atoms with E-state index >= 15 is 0 Å². The normalized spacial score (nSPS) is 12.6. The fourth-order valence-corrected chi connectivity index (χ4v) is 3.65.